The third kappa shape index (κ3) is 3.87. The van der Waals surface area contributed by atoms with E-state index in [1.165, 1.54) is 0 Å². The number of carboxylic acid groups (broad SMARTS) is 1. The fraction of sp³-hybridized carbons (Fsp3) is 0.364. The summed E-state index contributed by atoms with van der Waals surface area (Å²) in [6, 6.07) is 15.8. The first-order valence-electron chi connectivity index (χ1n) is 9.50. The van der Waals surface area contributed by atoms with Crippen LogP contribution < -0.4 is 10.1 Å². The smallest absolute Gasteiger partial charge is 0.304 e. The molecule has 2 atom stereocenters. The Labute approximate surface area is 168 Å². The Morgan fingerprint density at radius 3 is 2.93 bits per heavy atom. The lowest BCUT2D eigenvalue weighted by molar-refractivity contribution is -0.136. The number of carbonyl (C=O) groups is 2. The minimum atomic E-state index is -0.776. The molecule has 1 aliphatic heterocycles. The molecule has 0 aromatic heterocycles. The van der Waals surface area contributed by atoms with E-state index in [0.29, 0.717) is 12.4 Å². The van der Waals surface area contributed by atoms with E-state index in [0.717, 1.165) is 41.2 Å². The first-order chi connectivity index (χ1) is 13.6. The molecule has 2 aromatic carbocycles. The molecule has 1 amide bonds. The van der Waals surface area contributed by atoms with Crippen LogP contribution in [-0.2, 0) is 20.8 Å². The molecule has 0 radical (unpaired) electrons. The molecule has 0 saturated heterocycles. The van der Waals surface area contributed by atoms with Crippen LogP contribution in [0, 0.1) is 5.92 Å². The number of para-hydroxylation sites is 1. The highest BCUT2D eigenvalue weighted by Crippen LogP contribution is 2.60. The minimum Gasteiger partial charge on any atom is -0.493 e. The number of hydrogen-bond acceptors (Lipinski definition) is 4. The molecule has 1 spiro atoms. The lowest BCUT2D eigenvalue weighted by atomic mass is 9.87. The molecular weight excluding hydrogens is 374 g/mol. The molecule has 1 heterocycles. The van der Waals surface area contributed by atoms with Crippen LogP contribution in [0.1, 0.15) is 30.4 Å². The molecule has 1 fully saturated rings. The van der Waals surface area contributed by atoms with Gasteiger partial charge in [-0.05, 0) is 36.6 Å². The average molecular weight is 397 g/mol. The molecule has 0 unspecified atom stereocenters. The Bertz CT molecular complexity index is 900. The van der Waals surface area contributed by atoms with Crippen molar-refractivity contribution in [3.8, 4) is 5.75 Å². The number of benzene rings is 2. The molecule has 0 bridgehead atoms. The zero-order valence-electron chi connectivity index (χ0n) is 15.5. The number of thioether (sulfide) groups is 1. The predicted molar refractivity (Wildman–Crippen MR) is 110 cm³/mol. The summed E-state index contributed by atoms with van der Waals surface area (Å²) in [4.78, 5) is 23.5. The number of amides is 1. The molecule has 4 rings (SSSR count). The maximum Gasteiger partial charge on any atom is 0.304 e. The van der Waals surface area contributed by atoms with E-state index in [1.54, 1.807) is 11.8 Å². The molecule has 28 heavy (non-hydrogen) atoms. The zero-order chi connectivity index (χ0) is 19.6. The number of carbonyl (C=O) groups excluding carboxylic acids is 1. The Hall–Kier alpha value is -2.47. The standard InChI is InChI=1S/C22H23NO4S/c24-20(25)8-11-28-14-15-4-3-5-16(12-15)23-21(26)18-13-22(18)9-10-27-19-7-2-1-6-17(19)22/h1-7,12,18H,8-11,13-14H2,(H,23,26)(H,24,25)/t18-,22-/m0/s1. The summed E-state index contributed by atoms with van der Waals surface area (Å²) in [5.74, 6) is 1.48. The number of aliphatic carboxylic acids is 1. The summed E-state index contributed by atoms with van der Waals surface area (Å²) in [7, 11) is 0. The summed E-state index contributed by atoms with van der Waals surface area (Å²) in [6.07, 6.45) is 1.91. The van der Waals surface area contributed by atoms with Crippen LogP contribution in [0.5, 0.6) is 5.75 Å². The lowest BCUT2D eigenvalue weighted by Gasteiger charge is -2.26. The largest absolute Gasteiger partial charge is 0.493 e. The number of ether oxygens (including phenoxy) is 1. The number of carboxylic acids is 1. The van der Waals surface area contributed by atoms with Gasteiger partial charge < -0.3 is 15.2 Å². The van der Waals surface area contributed by atoms with Crippen LogP contribution in [0.4, 0.5) is 5.69 Å². The first-order valence-corrected chi connectivity index (χ1v) is 10.7. The SMILES string of the molecule is O=C(O)CCSCc1cccc(NC(=O)[C@@H]2C[C@]23CCOc2ccccc23)c1. The fourth-order valence-corrected chi connectivity index (χ4v) is 4.90. The van der Waals surface area contributed by atoms with Crippen molar-refractivity contribution < 1.29 is 19.4 Å². The van der Waals surface area contributed by atoms with Gasteiger partial charge in [0.25, 0.3) is 0 Å². The number of nitrogens with one attached hydrogen (secondary N) is 1. The third-order valence-corrected chi connectivity index (χ3v) is 6.57. The quantitative estimate of drug-likeness (QED) is 0.689. The van der Waals surface area contributed by atoms with Crippen molar-refractivity contribution >= 4 is 29.3 Å². The summed E-state index contributed by atoms with van der Waals surface area (Å²) < 4.78 is 5.75. The van der Waals surface area contributed by atoms with Crippen LogP contribution in [-0.4, -0.2) is 29.3 Å². The van der Waals surface area contributed by atoms with E-state index in [2.05, 4.69) is 11.4 Å². The number of anilines is 1. The number of hydrogen-bond donors (Lipinski definition) is 2. The van der Waals surface area contributed by atoms with E-state index in [-0.39, 0.29) is 23.7 Å². The van der Waals surface area contributed by atoms with Crippen LogP contribution in [0.3, 0.4) is 0 Å². The zero-order valence-corrected chi connectivity index (χ0v) is 16.3. The van der Waals surface area contributed by atoms with Gasteiger partial charge in [-0.3, -0.25) is 9.59 Å². The Morgan fingerprint density at radius 1 is 1.21 bits per heavy atom. The second-order valence-electron chi connectivity index (χ2n) is 7.39. The van der Waals surface area contributed by atoms with Crippen molar-refractivity contribution in [1.82, 2.24) is 0 Å². The number of rotatable bonds is 7. The van der Waals surface area contributed by atoms with Gasteiger partial charge in [0.1, 0.15) is 5.75 Å². The molecule has 5 nitrogen and oxygen atoms in total. The maximum absolute atomic E-state index is 12.9. The van der Waals surface area contributed by atoms with Gasteiger partial charge in [0, 0.05) is 34.1 Å². The molecule has 1 aliphatic carbocycles. The highest BCUT2D eigenvalue weighted by molar-refractivity contribution is 7.98. The van der Waals surface area contributed by atoms with E-state index < -0.39 is 5.97 Å². The van der Waals surface area contributed by atoms with Gasteiger partial charge >= 0.3 is 5.97 Å². The van der Waals surface area contributed by atoms with Gasteiger partial charge in [0.2, 0.25) is 5.91 Å². The van der Waals surface area contributed by atoms with Crippen molar-refractivity contribution in [3.63, 3.8) is 0 Å². The van der Waals surface area contributed by atoms with Gasteiger partial charge in [-0.25, -0.2) is 0 Å². The minimum absolute atomic E-state index is 0.0221. The van der Waals surface area contributed by atoms with Crippen molar-refractivity contribution in [2.24, 2.45) is 5.92 Å². The predicted octanol–water partition coefficient (Wildman–Crippen LogP) is 4.07. The van der Waals surface area contributed by atoms with E-state index in [9.17, 15) is 9.59 Å². The van der Waals surface area contributed by atoms with Crippen molar-refractivity contribution in [3.05, 3.63) is 59.7 Å². The topological polar surface area (TPSA) is 75.6 Å². The molecule has 2 aliphatic rings. The van der Waals surface area contributed by atoms with Gasteiger partial charge in [0.05, 0.1) is 13.0 Å². The second-order valence-corrected chi connectivity index (χ2v) is 8.50. The normalized spacial score (nSPS) is 22.2. The molecule has 6 heteroatoms. The van der Waals surface area contributed by atoms with E-state index >= 15 is 0 Å². The summed E-state index contributed by atoms with van der Waals surface area (Å²) in [5.41, 5.74) is 2.95. The summed E-state index contributed by atoms with van der Waals surface area (Å²) >= 11 is 1.58. The van der Waals surface area contributed by atoms with Gasteiger partial charge in [-0.1, -0.05) is 30.3 Å². The Morgan fingerprint density at radius 2 is 2.07 bits per heavy atom. The highest BCUT2D eigenvalue weighted by Gasteiger charge is 2.60. The van der Waals surface area contributed by atoms with E-state index in [1.807, 2.05) is 42.5 Å². The molecule has 2 aromatic rings. The summed E-state index contributed by atoms with van der Waals surface area (Å²) in [5, 5.41) is 11.8. The van der Waals surface area contributed by atoms with Gasteiger partial charge in [-0.2, -0.15) is 11.8 Å². The van der Waals surface area contributed by atoms with Crippen LogP contribution >= 0.6 is 11.8 Å². The van der Waals surface area contributed by atoms with Crippen molar-refractivity contribution in [2.45, 2.75) is 30.4 Å². The summed E-state index contributed by atoms with van der Waals surface area (Å²) in [6.45, 7) is 0.657. The highest BCUT2D eigenvalue weighted by atomic mass is 32.2. The average Bonchev–Trinajstić information content (AvgIpc) is 3.41. The van der Waals surface area contributed by atoms with Crippen molar-refractivity contribution in [2.75, 3.05) is 17.7 Å². The maximum atomic E-state index is 12.9. The van der Waals surface area contributed by atoms with Crippen LogP contribution in [0.2, 0.25) is 0 Å². The first kappa shape index (κ1) is 18.9. The monoisotopic (exact) mass is 397 g/mol. The molecular formula is C22H23NO4S. The third-order valence-electron chi connectivity index (χ3n) is 5.54. The van der Waals surface area contributed by atoms with Crippen LogP contribution in [0.25, 0.3) is 0 Å². The Kier molecular flexibility index (Phi) is 5.31. The lowest BCUT2D eigenvalue weighted by Crippen LogP contribution is -2.26. The van der Waals surface area contributed by atoms with Crippen molar-refractivity contribution in [1.29, 1.82) is 0 Å². The number of fused-ring (bicyclic) bond motifs is 2. The molecule has 146 valence electrons. The fourth-order valence-electron chi connectivity index (χ4n) is 4.02. The molecule has 2 N–H and O–H groups in total. The Balaban J connectivity index is 1.38. The van der Waals surface area contributed by atoms with Gasteiger partial charge in [-0.15, -0.1) is 0 Å². The van der Waals surface area contributed by atoms with Crippen LogP contribution in [0.15, 0.2) is 48.5 Å². The molecule has 1 saturated carbocycles. The van der Waals surface area contributed by atoms with Gasteiger partial charge in [0.15, 0.2) is 0 Å². The second kappa shape index (κ2) is 7.87. The van der Waals surface area contributed by atoms with E-state index in [4.69, 9.17) is 9.84 Å².